The van der Waals surface area contributed by atoms with Gasteiger partial charge in [-0.25, -0.2) is 0 Å². The molecule has 0 amide bonds. The molecule has 9 aromatic carbocycles. The third kappa shape index (κ3) is 5.48. The first-order valence-electron chi connectivity index (χ1n) is 18.7. The number of rotatable bonds is 6. The van der Waals surface area contributed by atoms with E-state index in [2.05, 4.69) is 204 Å². The predicted molar refractivity (Wildman–Crippen MR) is 239 cm³/mol. The minimum absolute atomic E-state index is 0.177. The SMILES string of the molecule is c1ccc(-c2ccc3c(c2)sc2ccc(-c4ccccc4N(c4ccccc4)c4cccc5c4ccc4ccc6c(c45)SC(c4ccccc4)N6)cc23)cc1. The van der Waals surface area contributed by atoms with E-state index in [9.17, 15) is 0 Å². The summed E-state index contributed by atoms with van der Waals surface area (Å²) in [7, 11) is 0. The van der Waals surface area contributed by atoms with Gasteiger partial charge in [-0.15, -0.1) is 11.3 Å². The topological polar surface area (TPSA) is 15.3 Å². The summed E-state index contributed by atoms with van der Waals surface area (Å²) >= 11 is 3.79. The molecular weight excluding hydrogens is 705 g/mol. The van der Waals surface area contributed by atoms with Gasteiger partial charge in [-0.1, -0.05) is 157 Å². The number of thiophene rings is 1. The van der Waals surface area contributed by atoms with Crippen LogP contribution >= 0.6 is 23.1 Å². The fraction of sp³-hybridized carbons (Fsp3) is 0.0196. The molecule has 2 nitrogen and oxygen atoms in total. The Morgan fingerprint density at radius 3 is 2.02 bits per heavy atom. The molecule has 0 aliphatic carbocycles. The molecule has 0 spiro atoms. The average molecular weight is 739 g/mol. The lowest BCUT2D eigenvalue weighted by Crippen LogP contribution is -2.11. The Hall–Kier alpha value is -6.33. The molecule has 2 heterocycles. The Labute approximate surface area is 328 Å². The van der Waals surface area contributed by atoms with Crippen LogP contribution in [0.1, 0.15) is 10.9 Å². The highest BCUT2D eigenvalue weighted by Crippen LogP contribution is 2.52. The molecule has 1 aliphatic heterocycles. The lowest BCUT2D eigenvalue weighted by Gasteiger charge is -2.29. The van der Waals surface area contributed by atoms with Crippen LogP contribution in [0, 0.1) is 0 Å². The molecule has 10 aromatic rings. The maximum absolute atomic E-state index is 3.81. The molecule has 1 N–H and O–H groups in total. The van der Waals surface area contributed by atoms with Gasteiger partial charge >= 0.3 is 0 Å². The lowest BCUT2D eigenvalue weighted by molar-refractivity contribution is 1.14. The van der Waals surface area contributed by atoms with Crippen molar-refractivity contribution in [2.45, 2.75) is 10.3 Å². The van der Waals surface area contributed by atoms with Crippen LogP contribution in [-0.4, -0.2) is 0 Å². The van der Waals surface area contributed by atoms with E-state index in [0.29, 0.717) is 0 Å². The molecule has 1 aromatic heterocycles. The number of fused-ring (bicyclic) bond motifs is 8. The van der Waals surface area contributed by atoms with Crippen molar-refractivity contribution in [3.05, 3.63) is 200 Å². The van der Waals surface area contributed by atoms with Crippen LogP contribution in [0.25, 0.3) is 64.0 Å². The largest absolute Gasteiger partial charge is 0.368 e. The minimum atomic E-state index is 0.177. The van der Waals surface area contributed by atoms with Gasteiger partial charge in [0.15, 0.2) is 0 Å². The van der Waals surface area contributed by atoms with Crippen LogP contribution in [0.4, 0.5) is 22.7 Å². The quantitative estimate of drug-likeness (QED) is 0.171. The summed E-state index contributed by atoms with van der Waals surface area (Å²) in [6.07, 6.45) is 0. The van der Waals surface area contributed by atoms with E-state index < -0.39 is 0 Å². The number of hydrogen-bond acceptors (Lipinski definition) is 4. The Morgan fingerprint density at radius 1 is 0.455 bits per heavy atom. The first-order chi connectivity index (χ1) is 27.3. The standard InChI is InChI=1S/C51H34N2S2/c1-4-13-33(14-5-1)36-24-28-41-43-31-37(26-30-47(43)54-48(41)32-36)39-19-10-11-21-45(39)53(38-17-8-3-9-18-38)46-22-12-20-42-40(46)27-23-34-25-29-44-50(49(34)42)55-51(52-44)35-15-6-2-7-16-35/h1-32,51-52H. The summed E-state index contributed by atoms with van der Waals surface area (Å²) in [4.78, 5) is 3.76. The predicted octanol–water partition coefficient (Wildman–Crippen LogP) is 15.4. The number of anilines is 4. The maximum atomic E-state index is 3.81. The molecule has 0 saturated heterocycles. The number of nitrogens with one attached hydrogen (secondary N) is 1. The molecule has 4 heteroatoms. The second kappa shape index (κ2) is 13.2. The van der Waals surface area contributed by atoms with E-state index in [1.54, 1.807) is 0 Å². The minimum Gasteiger partial charge on any atom is -0.368 e. The second-order valence-corrected chi connectivity index (χ2v) is 16.3. The van der Waals surface area contributed by atoms with Crippen LogP contribution < -0.4 is 10.2 Å². The molecule has 0 radical (unpaired) electrons. The molecule has 0 saturated carbocycles. The van der Waals surface area contributed by atoms with Gasteiger partial charge in [0.2, 0.25) is 0 Å². The maximum Gasteiger partial charge on any atom is 0.103 e. The fourth-order valence-electron chi connectivity index (χ4n) is 8.29. The van der Waals surface area contributed by atoms with Crippen LogP contribution in [0.15, 0.2) is 199 Å². The van der Waals surface area contributed by atoms with Crippen molar-refractivity contribution in [3.8, 4) is 22.3 Å². The van der Waals surface area contributed by atoms with Crippen molar-refractivity contribution in [1.82, 2.24) is 0 Å². The number of hydrogen-bond donors (Lipinski definition) is 1. The number of benzene rings is 9. The van der Waals surface area contributed by atoms with Crippen LogP contribution in [0.5, 0.6) is 0 Å². The molecule has 1 unspecified atom stereocenters. The smallest absolute Gasteiger partial charge is 0.103 e. The van der Waals surface area contributed by atoms with Gasteiger partial charge in [-0.05, 0) is 81.6 Å². The molecule has 55 heavy (non-hydrogen) atoms. The Kier molecular flexibility index (Phi) is 7.71. The Morgan fingerprint density at radius 2 is 1.16 bits per heavy atom. The number of nitrogens with zero attached hydrogens (tertiary/aromatic N) is 1. The highest BCUT2D eigenvalue weighted by Gasteiger charge is 2.27. The molecule has 11 rings (SSSR count). The van der Waals surface area contributed by atoms with Crippen molar-refractivity contribution in [1.29, 1.82) is 0 Å². The summed E-state index contributed by atoms with van der Waals surface area (Å²) in [6.45, 7) is 0. The summed E-state index contributed by atoms with van der Waals surface area (Å²) < 4.78 is 2.61. The van der Waals surface area contributed by atoms with Gasteiger partial charge in [0.25, 0.3) is 0 Å². The van der Waals surface area contributed by atoms with Crippen molar-refractivity contribution in [3.63, 3.8) is 0 Å². The van der Waals surface area contributed by atoms with Crippen LogP contribution in [-0.2, 0) is 0 Å². The molecule has 1 aliphatic rings. The van der Waals surface area contributed by atoms with Crippen molar-refractivity contribution < 1.29 is 0 Å². The van der Waals surface area contributed by atoms with E-state index in [4.69, 9.17) is 0 Å². The first kappa shape index (κ1) is 32.1. The zero-order valence-electron chi connectivity index (χ0n) is 29.8. The van der Waals surface area contributed by atoms with Gasteiger partial charge in [0.1, 0.15) is 5.37 Å². The molecular formula is C51H34N2S2. The fourth-order valence-corrected chi connectivity index (χ4v) is 10.7. The van der Waals surface area contributed by atoms with Gasteiger partial charge in [-0.2, -0.15) is 0 Å². The molecule has 0 fully saturated rings. The van der Waals surface area contributed by atoms with Crippen LogP contribution in [0.2, 0.25) is 0 Å². The number of thioether (sulfide) groups is 1. The second-order valence-electron chi connectivity index (χ2n) is 14.1. The molecule has 1 atom stereocenters. The Bertz CT molecular complexity index is 3050. The number of para-hydroxylation sites is 2. The molecule has 260 valence electrons. The zero-order chi connectivity index (χ0) is 36.3. The van der Waals surface area contributed by atoms with Crippen LogP contribution in [0.3, 0.4) is 0 Å². The lowest BCUT2D eigenvalue weighted by atomic mass is 9.97. The van der Waals surface area contributed by atoms with E-state index >= 15 is 0 Å². The van der Waals surface area contributed by atoms with Crippen molar-refractivity contribution >= 4 is 87.6 Å². The third-order valence-corrected chi connectivity index (χ3v) is 13.3. The Balaban J connectivity index is 1.07. The van der Waals surface area contributed by atoms with Crippen molar-refractivity contribution in [2.75, 3.05) is 10.2 Å². The van der Waals surface area contributed by atoms with Gasteiger partial charge in [0.05, 0.1) is 11.4 Å². The van der Waals surface area contributed by atoms with E-state index in [1.165, 1.54) is 80.1 Å². The third-order valence-electron chi connectivity index (χ3n) is 10.9. The highest BCUT2D eigenvalue weighted by molar-refractivity contribution is 8.00. The van der Waals surface area contributed by atoms with E-state index in [0.717, 1.165) is 17.1 Å². The zero-order valence-corrected chi connectivity index (χ0v) is 31.4. The first-order valence-corrected chi connectivity index (χ1v) is 20.4. The summed E-state index contributed by atoms with van der Waals surface area (Å²) in [5.41, 5.74) is 10.8. The monoisotopic (exact) mass is 738 g/mol. The van der Waals surface area contributed by atoms with Gasteiger partial charge in [0, 0.05) is 52.8 Å². The summed E-state index contributed by atoms with van der Waals surface area (Å²) in [5, 5.41) is 11.6. The average Bonchev–Trinajstić information content (AvgIpc) is 3.86. The summed E-state index contributed by atoms with van der Waals surface area (Å²) in [6, 6.07) is 70.9. The summed E-state index contributed by atoms with van der Waals surface area (Å²) in [5.74, 6) is 0. The van der Waals surface area contributed by atoms with Gasteiger partial charge < -0.3 is 10.2 Å². The van der Waals surface area contributed by atoms with E-state index in [-0.39, 0.29) is 5.37 Å². The highest BCUT2D eigenvalue weighted by atomic mass is 32.2. The van der Waals surface area contributed by atoms with Crippen molar-refractivity contribution in [2.24, 2.45) is 0 Å². The molecule has 0 bridgehead atoms. The van der Waals surface area contributed by atoms with Gasteiger partial charge in [-0.3, -0.25) is 0 Å². The van der Waals surface area contributed by atoms with E-state index in [1.807, 2.05) is 23.1 Å². The normalized spacial score (nSPS) is 13.7.